The Labute approximate surface area is 172 Å². The van der Waals surface area contributed by atoms with Crippen LogP contribution >= 0.6 is 22.9 Å². The van der Waals surface area contributed by atoms with Crippen LogP contribution in [0.4, 0.5) is 5.69 Å². The maximum absolute atomic E-state index is 12.1. The van der Waals surface area contributed by atoms with Crippen molar-refractivity contribution in [3.63, 3.8) is 0 Å². The molecule has 0 aliphatic heterocycles. The van der Waals surface area contributed by atoms with Crippen LogP contribution in [-0.2, 0) is 16.0 Å². The molecule has 0 fully saturated rings. The average molecular weight is 414 g/mol. The predicted octanol–water partition coefficient (Wildman–Crippen LogP) is 4.38. The Morgan fingerprint density at radius 1 is 1.04 bits per heavy atom. The van der Waals surface area contributed by atoms with Gasteiger partial charge in [-0.1, -0.05) is 48.0 Å². The normalized spacial score (nSPS) is 10.5. The third-order valence-electron chi connectivity index (χ3n) is 4.27. The van der Waals surface area contributed by atoms with Crippen LogP contribution in [-0.4, -0.2) is 23.3 Å². The molecule has 0 spiro atoms. The van der Waals surface area contributed by atoms with E-state index in [1.807, 2.05) is 37.3 Å². The SMILES string of the molecule is Cc1nc(-c2ccccc2)sc1CCNC(=O)C(=O)Nc1cccc(Cl)c1C. The number of rotatable bonds is 5. The molecule has 2 amide bonds. The number of hydrogen-bond donors (Lipinski definition) is 2. The van der Waals surface area contributed by atoms with Crippen molar-refractivity contribution in [2.45, 2.75) is 20.3 Å². The number of anilines is 1. The van der Waals surface area contributed by atoms with Gasteiger partial charge in [-0.2, -0.15) is 0 Å². The molecular weight excluding hydrogens is 394 g/mol. The van der Waals surface area contributed by atoms with Crippen LogP contribution in [0.25, 0.3) is 10.6 Å². The molecule has 144 valence electrons. The van der Waals surface area contributed by atoms with Crippen LogP contribution in [0.5, 0.6) is 0 Å². The third kappa shape index (κ3) is 4.77. The van der Waals surface area contributed by atoms with Crippen LogP contribution in [0.1, 0.15) is 16.1 Å². The quantitative estimate of drug-likeness (QED) is 0.610. The predicted molar refractivity (Wildman–Crippen MR) is 114 cm³/mol. The first-order valence-corrected chi connectivity index (χ1v) is 10.0. The Hall–Kier alpha value is -2.70. The molecule has 2 N–H and O–H groups in total. The van der Waals surface area contributed by atoms with E-state index in [2.05, 4.69) is 15.6 Å². The fourth-order valence-electron chi connectivity index (χ4n) is 2.66. The molecule has 1 aromatic heterocycles. The van der Waals surface area contributed by atoms with Gasteiger partial charge in [0.2, 0.25) is 0 Å². The van der Waals surface area contributed by atoms with Gasteiger partial charge in [-0.15, -0.1) is 11.3 Å². The van der Waals surface area contributed by atoms with Gasteiger partial charge in [0, 0.05) is 34.1 Å². The molecule has 0 unspecified atom stereocenters. The smallest absolute Gasteiger partial charge is 0.313 e. The van der Waals surface area contributed by atoms with Gasteiger partial charge in [0.15, 0.2) is 0 Å². The zero-order chi connectivity index (χ0) is 20.1. The lowest BCUT2D eigenvalue weighted by Crippen LogP contribution is -2.36. The fourth-order valence-corrected chi connectivity index (χ4v) is 3.90. The van der Waals surface area contributed by atoms with Crippen LogP contribution in [0.3, 0.4) is 0 Å². The molecule has 1 heterocycles. The zero-order valence-electron chi connectivity index (χ0n) is 15.6. The van der Waals surface area contributed by atoms with E-state index in [-0.39, 0.29) is 0 Å². The number of halogens is 1. The Bertz CT molecular complexity index is 1000. The lowest BCUT2D eigenvalue weighted by molar-refractivity contribution is -0.136. The molecule has 5 nitrogen and oxygen atoms in total. The summed E-state index contributed by atoms with van der Waals surface area (Å²) < 4.78 is 0. The van der Waals surface area contributed by atoms with Gasteiger partial charge in [0.05, 0.1) is 5.69 Å². The molecule has 0 radical (unpaired) electrons. The number of hydrogen-bond acceptors (Lipinski definition) is 4. The molecule has 2 aromatic carbocycles. The standard InChI is InChI=1S/C21H20ClN3O2S/c1-13-16(22)9-6-10-17(13)25-20(27)19(26)23-12-11-18-14(2)24-21(28-18)15-7-4-3-5-8-15/h3-10H,11-12H2,1-2H3,(H,23,26)(H,25,27). The van der Waals surface area contributed by atoms with Crippen molar-refractivity contribution in [3.05, 3.63) is 69.7 Å². The molecule has 0 saturated carbocycles. The molecule has 0 atom stereocenters. The molecule has 7 heteroatoms. The van der Waals surface area contributed by atoms with E-state index in [1.165, 1.54) is 0 Å². The van der Waals surface area contributed by atoms with Gasteiger partial charge in [-0.3, -0.25) is 9.59 Å². The van der Waals surface area contributed by atoms with Gasteiger partial charge in [-0.05, 0) is 31.5 Å². The van der Waals surface area contributed by atoms with Crippen molar-refractivity contribution >= 4 is 40.4 Å². The summed E-state index contributed by atoms with van der Waals surface area (Å²) in [6, 6.07) is 15.1. The zero-order valence-corrected chi connectivity index (χ0v) is 17.2. The number of amides is 2. The lowest BCUT2D eigenvalue weighted by atomic mass is 10.2. The number of nitrogens with one attached hydrogen (secondary N) is 2. The Morgan fingerprint density at radius 2 is 1.79 bits per heavy atom. The highest BCUT2D eigenvalue weighted by atomic mass is 35.5. The molecule has 3 aromatic rings. The van der Waals surface area contributed by atoms with E-state index in [0.717, 1.165) is 26.7 Å². The van der Waals surface area contributed by atoms with Crippen molar-refractivity contribution < 1.29 is 9.59 Å². The minimum absolute atomic E-state index is 0.359. The second-order valence-corrected chi connectivity index (χ2v) is 7.76. The monoisotopic (exact) mass is 413 g/mol. The Morgan fingerprint density at radius 3 is 2.54 bits per heavy atom. The van der Waals surface area contributed by atoms with Crippen molar-refractivity contribution in [1.82, 2.24) is 10.3 Å². The third-order valence-corrected chi connectivity index (χ3v) is 5.95. The summed E-state index contributed by atoms with van der Waals surface area (Å²) in [5.41, 5.74) is 3.26. The summed E-state index contributed by atoms with van der Waals surface area (Å²) in [6.07, 6.45) is 0.617. The Balaban J connectivity index is 1.55. The number of carbonyl (C=O) groups excluding carboxylic acids is 2. The largest absolute Gasteiger partial charge is 0.347 e. The van der Waals surface area contributed by atoms with Crippen LogP contribution < -0.4 is 10.6 Å². The lowest BCUT2D eigenvalue weighted by Gasteiger charge is -2.09. The number of nitrogens with zero attached hydrogens (tertiary/aromatic N) is 1. The highest BCUT2D eigenvalue weighted by Crippen LogP contribution is 2.28. The molecule has 0 aliphatic carbocycles. The molecule has 0 saturated heterocycles. The van der Waals surface area contributed by atoms with E-state index in [0.29, 0.717) is 23.7 Å². The molecular formula is C21H20ClN3O2S. The van der Waals surface area contributed by atoms with Gasteiger partial charge >= 0.3 is 11.8 Å². The Kier molecular flexibility index (Phi) is 6.44. The summed E-state index contributed by atoms with van der Waals surface area (Å²) in [7, 11) is 0. The van der Waals surface area contributed by atoms with Crippen LogP contribution in [0.15, 0.2) is 48.5 Å². The maximum atomic E-state index is 12.1. The number of aryl methyl sites for hydroxylation is 1. The van der Waals surface area contributed by atoms with Crippen molar-refractivity contribution in [2.75, 3.05) is 11.9 Å². The summed E-state index contributed by atoms with van der Waals surface area (Å²) in [5, 5.41) is 6.74. The van der Waals surface area contributed by atoms with Crippen molar-refractivity contribution in [2.24, 2.45) is 0 Å². The molecule has 3 rings (SSSR count). The second kappa shape index (κ2) is 8.99. The number of carbonyl (C=O) groups is 2. The highest BCUT2D eigenvalue weighted by molar-refractivity contribution is 7.15. The minimum Gasteiger partial charge on any atom is -0.347 e. The average Bonchev–Trinajstić information content (AvgIpc) is 3.06. The van der Waals surface area contributed by atoms with E-state index in [1.54, 1.807) is 36.5 Å². The van der Waals surface area contributed by atoms with E-state index in [4.69, 9.17) is 11.6 Å². The van der Waals surface area contributed by atoms with Crippen molar-refractivity contribution in [3.8, 4) is 10.6 Å². The highest BCUT2D eigenvalue weighted by Gasteiger charge is 2.16. The number of thiazole rings is 1. The van der Waals surface area contributed by atoms with E-state index >= 15 is 0 Å². The van der Waals surface area contributed by atoms with Gasteiger partial charge < -0.3 is 10.6 Å². The first kappa shape index (κ1) is 20.0. The summed E-state index contributed by atoms with van der Waals surface area (Å²) >= 11 is 7.63. The van der Waals surface area contributed by atoms with Crippen LogP contribution in [0, 0.1) is 13.8 Å². The number of aromatic nitrogens is 1. The summed E-state index contributed by atoms with van der Waals surface area (Å²) in [4.78, 5) is 29.9. The van der Waals surface area contributed by atoms with Gasteiger partial charge in [0.25, 0.3) is 0 Å². The van der Waals surface area contributed by atoms with Gasteiger partial charge in [0.1, 0.15) is 5.01 Å². The topological polar surface area (TPSA) is 71.1 Å². The molecule has 0 aliphatic rings. The first-order chi connectivity index (χ1) is 13.5. The van der Waals surface area contributed by atoms with Gasteiger partial charge in [-0.25, -0.2) is 4.98 Å². The minimum atomic E-state index is -0.712. The van der Waals surface area contributed by atoms with E-state index < -0.39 is 11.8 Å². The van der Waals surface area contributed by atoms with E-state index in [9.17, 15) is 9.59 Å². The van der Waals surface area contributed by atoms with Crippen molar-refractivity contribution in [1.29, 1.82) is 0 Å². The maximum Gasteiger partial charge on any atom is 0.313 e. The first-order valence-electron chi connectivity index (χ1n) is 8.81. The summed E-state index contributed by atoms with van der Waals surface area (Å²) in [5.74, 6) is -1.39. The fraction of sp³-hybridized carbons (Fsp3) is 0.190. The second-order valence-electron chi connectivity index (χ2n) is 6.27. The molecule has 28 heavy (non-hydrogen) atoms. The van der Waals surface area contributed by atoms with Crippen LogP contribution in [0.2, 0.25) is 5.02 Å². The molecule has 0 bridgehead atoms. The summed E-state index contributed by atoms with van der Waals surface area (Å²) in [6.45, 7) is 4.10. The number of benzene rings is 2.